The number of hydrogen-bond donors (Lipinski definition) is 2. The number of benzene rings is 1. The van der Waals surface area contributed by atoms with Gasteiger partial charge in [-0.05, 0) is 37.8 Å². The van der Waals surface area contributed by atoms with E-state index in [9.17, 15) is 4.79 Å². The average Bonchev–Trinajstić information content (AvgIpc) is 2.49. The Kier molecular flexibility index (Phi) is 5.09. The molecule has 1 aromatic heterocycles. The van der Waals surface area contributed by atoms with Gasteiger partial charge in [-0.3, -0.25) is 14.8 Å². The van der Waals surface area contributed by atoms with E-state index in [1.807, 2.05) is 12.1 Å². The Morgan fingerprint density at radius 3 is 2.62 bits per heavy atom. The number of nitrogens with zero attached hydrogens (tertiary/aromatic N) is 2. The van der Waals surface area contributed by atoms with Gasteiger partial charge in [0, 0.05) is 24.5 Å². The van der Waals surface area contributed by atoms with Gasteiger partial charge in [-0.25, -0.2) is 0 Å². The van der Waals surface area contributed by atoms with Crippen molar-refractivity contribution >= 4 is 29.3 Å². The van der Waals surface area contributed by atoms with Crippen LogP contribution in [0.2, 0.25) is 0 Å². The molecule has 1 fully saturated rings. The van der Waals surface area contributed by atoms with Crippen LogP contribution in [0.4, 0.5) is 0 Å². The molecular formula is C15H19ClN4O. The highest BCUT2D eigenvalue weighted by molar-refractivity contribution is 6.04. The molecule has 1 aliphatic carbocycles. The third kappa shape index (κ3) is 3.49. The second kappa shape index (κ2) is 6.83. The molecule has 112 valence electrons. The smallest absolute Gasteiger partial charge is 0.253 e. The van der Waals surface area contributed by atoms with Gasteiger partial charge in [-0.1, -0.05) is 6.07 Å². The minimum atomic E-state index is -0.0726. The molecule has 0 aliphatic heterocycles. The van der Waals surface area contributed by atoms with Crippen LogP contribution < -0.4 is 11.1 Å². The number of rotatable bonds is 2. The molecule has 2 aromatic rings. The Morgan fingerprint density at radius 1 is 1.14 bits per heavy atom. The molecule has 1 amide bonds. The van der Waals surface area contributed by atoms with E-state index in [-0.39, 0.29) is 30.4 Å². The van der Waals surface area contributed by atoms with Gasteiger partial charge in [0.05, 0.1) is 11.1 Å². The molecular weight excluding hydrogens is 288 g/mol. The molecule has 0 unspecified atom stereocenters. The van der Waals surface area contributed by atoms with Gasteiger partial charge in [0.25, 0.3) is 5.91 Å². The number of amides is 1. The lowest BCUT2D eigenvalue weighted by atomic mass is 9.91. The van der Waals surface area contributed by atoms with Crippen LogP contribution in [0.5, 0.6) is 0 Å². The Balaban J connectivity index is 0.00000161. The maximum absolute atomic E-state index is 12.4. The van der Waals surface area contributed by atoms with Gasteiger partial charge in [0.2, 0.25) is 0 Å². The fourth-order valence-electron chi connectivity index (χ4n) is 2.70. The van der Waals surface area contributed by atoms with E-state index in [0.29, 0.717) is 11.1 Å². The maximum atomic E-state index is 12.4. The van der Waals surface area contributed by atoms with Gasteiger partial charge in [0.1, 0.15) is 5.52 Å². The number of nitrogens with one attached hydrogen (secondary N) is 1. The van der Waals surface area contributed by atoms with Crippen LogP contribution in [0, 0.1) is 0 Å². The van der Waals surface area contributed by atoms with E-state index >= 15 is 0 Å². The van der Waals surface area contributed by atoms with Crippen molar-refractivity contribution in [2.24, 2.45) is 5.73 Å². The fraction of sp³-hybridized carbons (Fsp3) is 0.400. The second-order valence-corrected chi connectivity index (χ2v) is 5.31. The van der Waals surface area contributed by atoms with Crippen molar-refractivity contribution in [3.63, 3.8) is 0 Å². The normalized spacial score (nSPS) is 21.6. The van der Waals surface area contributed by atoms with Crippen LogP contribution in [0.15, 0.2) is 30.6 Å². The van der Waals surface area contributed by atoms with Gasteiger partial charge < -0.3 is 11.1 Å². The summed E-state index contributed by atoms with van der Waals surface area (Å²) in [6.45, 7) is 0. The first-order valence-corrected chi connectivity index (χ1v) is 7.00. The Morgan fingerprint density at radius 2 is 1.86 bits per heavy atom. The highest BCUT2D eigenvalue weighted by Gasteiger charge is 2.21. The molecule has 0 radical (unpaired) electrons. The number of para-hydroxylation sites is 1. The van der Waals surface area contributed by atoms with Crippen molar-refractivity contribution in [2.45, 2.75) is 37.8 Å². The molecule has 1 aliphatic rings. The van der Waals surface area contributed by atoms with Crippen molar-refractivity contribution < 1.29 is 4.79 Å². The third-order valence-corrected chi connectivity index (χ3v) is 3.85. The van der Waals surface area contributed by atoms with E-state index in [1.165, 1.54) is 0 Å². The summed E-state index contributed by atoms with van der Waals surface area (Å²) in [6.07, 6.45) is 7.08. The number of carbonyl (C=O) groups excluding carboxylic acids is 1. The van der Waals surface area contributed by atoms with Crippen molar-refractivity contribution in [1.29, 1.82) is 0 Å². The Hall–Kier alpha value is -1.72. The molecule has 0 saturated heterocycles. The summed E-state index contributed by atoms with van der Waals surface area (Å²) in [4.78, 5) is 20.9. The number of aromatic nitrogens is 2. The van der Waals surface area contributed by atoms with Crippen LogP contribution in [-0.2, 0) is 0 Å². The molecule has 5 nitrogen and oxygen atoms in total. The van der Waals surface area contributed by atoms with Crippen molar-refractivity contribution in [3.05, 3.63) is 36.2 Å². The zero-order valence-corrected chi connectivity index (χ0v) is 12.5. The predicted molar refractivity (Wildman–Crippen MR) is 84.5 cm³/mol. The van der Waals surface area contributed by atoms with Crippen LogP contribution in [-0.4, -0.2) is 28.0 Å². The minimum Gasteiger partial charge on any atom is -0.349 e. The SMILES string of the molecule is Cl.NC1CCC(NC(=O)c2cccc3nccnc23)CC1. The van der Waals surface area contributed by atoms with E-state index in [0.717, 1.165) is 31.2 Å². The first-order chi connectivity index (χ1) is 9.74. The highest BCUT2D eigenvalue weighted by atomic mass is 35.5. The number of nitrogens with two attached hydrogens (primary N) is 1. The molecule has 1 aromatic carbocycles. The van der Waals surface area contributed by atoms with Crippen LogP contribution >= 0.6 is 12.4 Å². The molecule has 0 spiro atoms. The average molecular weight is 307 g/mol. The van der Waals surface area contributed by atoms with E-state index in [4.69, 9.17) is 5.73 Å². The van der Waals surface area contributed by atoms with Gasteiger partial charge >= 0.3 is 0 Å². The van der Waals surface area contributed by atoms with E-state index < -0.39 is 0 Å². The quantitative estimate of drug-likeness (QED) is 0.890. The van der Waals surface area contributed by atoms with Crippen molar-refractivity contribution in [2.75, 3.05) is 0 Å². The van der Waals surface area contributed by atoms with Gasteiger partial charge in [0.15, 0.2) is 0 Å². The summed E-state index contributed by atoms with van der Waals surface area (Å²) in [6, 6.07) is 5.99. The number of fused-ring (bicyclic) bond motifs is 1. The van der Waals surface area contributed by atoms with Gasteiger partial charge in [-0.2, -0.15) is 0 Å². The topological polar surface area (TPSA) is 80.9 Å². The largest absolute Gasteiger partial charge is 0.349 e. The fourth-order valence-corrected chi connectivity index (χ4v) is 2.70. The minimum absolute atomic E-state index is 0. The Labute approximate surface area is 129 Å². The molecule has 0 atom stereocenters. The van der Waals surface area contributed by atoms with Crippen LogP contribution in [0.3, 0.4) is 0 Å². The summed E-state index contributed by atoms with van der Waals surface area (Å²) in [7, 11) is 0. The standard InChI is InChI=1S/C15H18N4O.ClH/c16-10-4-6-11(7-5-10)19-15(20)12-2-1-3-13-14(12)18-9-8-17-13;/h1-3,8-11H,4-7,16H2,(H,19,20);1H. The summed E-state index contributed by atoms with van der Waals surface area (Å²) < 4.78 is 0. The summed E-state index contributed by atoms with van der Waals surface area (Å²) >= 11 is 0. The van der Waals surface area contributed by atoms with Crippen molar-refractivity contribution in [1.82, 2.24) is 15.3 Å². The molecule has 6 heteroatoms. The third-order valence-electron chi connectivity index (χ3n) is 3.85. The summed E-state index contributed by atoms with van der Waals surface area (Å²) in [5.74, 6) is -0.0726. The Bertz CT molecular complexity index is 621. The number of carbonyl (C=O) groups is 1. The highest BCUT2D eigenvalue weighted by Crippen LogP contribution is 2.19. The van der Waals surface area contributed by atoms with Gasteiger partial charge in [-0.15, -0.1) is 12.4 Å². The van der Waals surface area contributed by atoms with E-state index in [1.54, 1.807) is 18.5 Å². The molecule has 3 N–H and O–H groups in total. The zero-order chi connectivity index (χ0) is 13.9. The van der Waals surface area contributed by atoms with E-state index in [2.05, 4.69) is 15.3 Å². The summed E-state index contributed by atoms with van der Waals surface area (Å²) in [5.41, 5.74) is 7.86. The lowest BCUT2D eigenvalue weighted by Gasteiger charge is -2.26. The zero-order valence-electron chi connectivity index (χ0n) is 11.7. The first kappa shape index (κ1) is 15.7. The lowest BCUT2D eigenvalue weighted by Crippen LogP contribution is -2.40. The van der Waals surface area contributed by atoms with Crippen LogP contribution in [0.1, 0.15) is 36.0 Å². The number of halogens is 1. The lowest BCUT2D eigenvalue weighted by molar-refractivity contribution is 0.0927. The number of hydrogen-bond acceptors (Lipinski definition) is 4. The molecule has 0 bridgehead atoms. The monoisotopic (exact) mass is 306 g/mol. The molecule has 1 heterocycles. The molecule has 21 heavy (non-hydrogen) atoms. The summed E-state index contributed by atoms with van der Waals surface area (Å²) in [5, 5.41) is 3.09. The molecule has 1 saturated carbocycles. The maximum Gasteiger partial charge on any atom is 0.253 e. The first-order valence-electron chi connectivity index (χ1n) is 7.00. The van der Waals surface area contributed by atoms with Crippen molar-refractivity contribution in [3.8, 4) is 0 Å². The molecule has 3 rings (SSSR count). The predicted octanol–water partition coefficient (Wildman–Crippen LogP) is 2.05. The van der Waals surface area contributed by atoms with Crippen LogP contribution in [0.25, 0.3) is 11.0 Å². The second-order valence-electron chi connectivity index (χ2n) is 5.31.